The molecule has 0 aliphatic heterocycles. The number of rotatable bonds is 6. The van der Waals surface area contributed by atoms with Crippen LogP contribution < -0.4 is 5.32 Å². The van der Waals surface area contributed by atoms with Gasteiger partial charge in [0.05, 0.1) is 5.92 Å². The van der Waals surface area contributed by atoms with Crippen LogP contribution in [0.5, 0.6) is 0 Å². The van der Waals surface area contributed by atoms with Crippen molar-refractivity contribution in [2.45, 2.75) is 26.1 Å². The van der Waals surface area contributed by atoms with Gasteiger partial charge in [-0.15, -0.1) is 0 Å². The van der Waals surface area contributed by atoms with Crippen molar-refractivity contribution in [1.29, 1.82) is 0 Å². The van der Waals surface area contributed by atoms with E-state index >= 15 is 0 Å². The number of carboxylic acid groups (broad SMARTS) is 1. The SMILES string of the molecule is CCC(CNC(=O)Cn1ccc(C(F)(F)F)n1)C(=O)O. The lowest BCUT2D eigenvalue weighted by Crippen LogP contribution is -2.34. The van der Waals surface area contributed by atoms with Crippen molar-refractivity contribution >= 4 is 11.9 Å². The maximum Gasteiger partial charge on any atom is 0.435 e. The van der Waals surface area contributed by atoms with Crippen molar-refractivity contribution in [3.8, 4) is 0 Å². The first kappa shape index (κ1) is 16.0. The normalized spacial score (nSPS) is 13.0. The van der Waals surface area contributed by atoms with Gasteiger partial charge in [0.25, 0.3) is 0 Å². The molecule has 0 bridgehead atoms. The smallest absolute Gasteiger partial charge is 0.435 e. The molecule has 1 amide bonds. The molecule has 1 heterocycles. The number of aromatic nitrogens is 2. The number of halogens is 3. The Bertz CT molecular complexity index is 485. The van der Waals surface area contributed by atoms with Crippen LogP contribution in [0.15, 0.2) is 12.3 Å². The van der Waals surface area contributed by atoms with Gasteiger partial charge < -0.3 is 10.4 Å². The van der Waals surface area contributed by atoms with Gasteiger partial charge in [-0.05, 0) is 12.5 Å². The number of carboxylic acids is 1. The van der Waals surface area contributed by atoms with Gasteiger partial charge in [0.15, 0.2) is 5.69 Å². The van der Waals surface area contributed by atoms with E-state index in [1.165, 1.54) is 0 Å². The van der Waals surface area contributed by atoms with Crippen LogP contribution in [-0.4, -0.2) is 33.3 Å². The minimum absolute atomic E-state index is 0.0714. The molecule has 0 aliphatic carbocycles. The predicted molar refractivity (Wildman–Crippen MR) is 61.7 cm³/mol. The zero-order valence-corrected chi connectivity index (χ0v) is 10.6. The van der Waals surface area contributed by atoms with Gasteiger partial charge in [-0.2, -0.15) is 18.3 Å². The van der Waals surface area contributed by atoms with Crippen molar-refractivity contribution in [3.05, 3.63) is 18.0 Å². The highest BCUT2D eigenvalue weighted by atomic mass is 19.4. The van der Waals surface area contributed by atoms with E-state index in [9.17, 15) is 22.8 Å². The van der Waals surface area contributed by atoms with E-state index < -0.39 is 36.2 Å². The van der Waals surface area contributed by atoms with Crippen molar-refractivity contribution < 1.29 is 27.9 Å². The van der Waals surface area contributed by atoms with Crippen LogP contribution in [0.3, 0.4) is 0 Å². The zero-order chi connectivity index (χ0) is 15.3. The molecule has 1 aromatic heterocycles. The van der Waals surface area contributed by atoms with Gasteiger partial charge in [-0.3, -0.25) is 14.3 Å². The summed E-state index contributed by atoms with van der Waals surface area (Å²) in [6, 6.07) is 0.763. The van der Waals surface area contributed by atoms with Gasteiger partial charge in [0, 0.05) is 12.7 Å². The monoisotopic (exact) mass is 293 g/mol. The zero-order valence-electron chi connectivity index (χ0n) is 10.6. The second-order valence-corrected chi connectivity index (χ2v) is 4.14. The minimum Gasteiger partial charge on any atom is -0.481 e. The Morgan fingerprint density at radius 3 is 2.60 bits per heavy atom. The van der Waals surface area contributed by atoms with Crippen LogP contribution >= 0.6 is 0 Å². The van der Waals surface area contributed by atoms with Crippen molar-refractivity contribution in [2.75, 3.05) is 6.54 Å². The second kappa shape index (κ2) is 6.40. The van der Waals surface area contributed by atoms with Crippen LogP contribution in [0.4, 0.5) is 13.2 Å². The van der Waals surface area contributed by atoms with Crippen molar-refractivity contribution in [2.24, 2.45) is 5.92 Å². The lowest BCUT2D eigenvalue weighted by atomic mass is 10.1. The lowest BCUT2D eigenvalue weighted by Gasteiger charge is -2.11. The average Bonchev–Trinajstić information content (AvgIpc) is 2.77. The summed E-state index contributed by atoms with van der Waals surface area (Å²) in [6.07, 6.45) is -3.18. The van der Waals surface area contributed by atoms with Gasteiger partial charge >= 0.3 is 12.1 Å². The highest BCUT2D eigenvalue weighted by Gasteiger charge is 2.33. The number of hydrogen-bond donors (Lipinski definition) is 2. The summed E-state index contributed by atoms with van der Waals surface area (Å²) < 4.78 is 37.7. The molecule has 1 atom stereocenters. The number of nitrogens with one attached hydrogen (secondary N) is 1. The molecule has 9 heteroatoms. The summed E-state index contributed by atoms with van der Waals surface area (Å²) in [6.45, 7) is 1.19. The molecule has 0 fully saturated rings. The minimum atomic E-state index is -4.56. The van der Waals surface area contributed by atoms with Gasteiger partial charge in [0.1, 0.15) is 6.54 Å². The molecule has 0 saturated heterocycles. The number of carbonyl (C=O) groups is 2. The fourth-order valence-corrected chi connectivity index (χ4v) is 1.45. The molecule has 1 aromatic rings. The molecule has 0 radical (unpaired) electrons. The summed E-state index contributed by atoms with van der Waals surface area (Å²) in [5, 5.41) is 14.3. The third-order valence-electron chi connectivity index (χ3n) is 2.62. The summed E-state index contributed by atoms with van der Waals surface area (Å²) in [5.41, 5.74) is -1.08. The third kappa shape index (κ3) is 4.56. The average molecular weight is 293 g/mol. The lowest BCUT2D eigenvalue weighted by molar-refractivity contribution is -0.143. The summed E-state index contributed by atoms with van der Waals surface area (Å²) in [4.78, 5) is 22.2. The van der Waals surface area contributed by atoms with Crippen LogP contribution in [0.2, 0.25) is 0 Å². The molecule has 0 aliphatic rings. The van der Waals surface area contributed by atoms with Crippen molar-refractivity contribution in [3.63, 3.8) is 0 Å². The molecule has 6 nitrogen and oxygen atoms in total. The second-order valence-electron chi connectivity index (χ2n) is 4.14. The number of amides is 1. The Morgan fingerprint density at radius 2 is 2.15 bits per heavy atom. The first-order valence-corrected chi connectivity index (χ1v) is 5.84. The van der Waals surface area contributed by atoms with E-state index in [1.807, 2.05) is 0 Å². The number of alkyl halides is 3. The van der Waals surface area contributed by atoms with Crippen LogP contribution in [0.25, 0.3) is 0 Å². The molecule has 0 aromatic carbocycles. The van der Waals surface area contributed by atoms with E-state index in [0.29, 0.717) is 6.42 Å². The predicted octanol–water partition coefficient (Wildman–Crippen LogP) is 1.13. The highest BCUT2D eigenvalue weighted by molar-refractivity contribution is 5.77. The highest BCUT2D eigenvalue weighted by Crippen LogP contribution is 2.27. The third-order valence-corrected chi connectivity index (χ3v) is 2.62. The van der Waals surface area contributed by atoms with E-state index in [-0.39, 0.29) is 6.54 Å². The number of hydrogen-bond acceptors (Lipinski definition) is 3. The van der Waals surface area contributed by atoms with Crippen LogP contribution in [0, 0.1) is 5.92 Å². The first-order valence-electron chi connectivity index (χ1n) is 5.84. The fourth-order valence-electron chi connectivity index (χ4n) is 1.45. The molecule has 112 valence electrons. The number of carbonyl (C=O) groups excluding carboxylic acids is 1. The Hall–Kier alpha value is -2.06. The molecule has 20 heavy (non-hydrogen) atoms. The van der Waals surface area contributed by atoms with E-state index in [4.69, 9.17) is 5.11 Å². The van der Waals surface area contributed by atoms with Gasteiger partial charge in [-0.1, -0.05) is 6.92 Å². The van der Waals surface area contributed by atoms with E-state index in [2.05, 4.69) is 10.4 Å². The number of aliphatic carboxylic acids is 1. The molecular formula is C11H14F3N3O3. The molecule has 1 rings (SSSR count). The van der Waals surface area contributed by atoms with Crippen LogP contribution in [0.1, 0.15) is 19.0 Å². The van der Waals surface area contributed by atoms with Crippen LogP contribution in [-0.2, 0) is 22.3 Å². The quantitative estimate of drug-likeness (QED) is 0.823. The first-order chi connectivity index (χ1) is 9.24. The summed E-state index contributed by atoms with van der Waals surface area (Å²) in [7, 11) is 0. The molecular weight excluding hydrogens is 279 g/mol. The number of nitrogens with zero attached hydrogens (tertiary/aromatic N) is 2. The van der Waals surface area contributed by atoms with E-state index in [0.717, 1.165) is 16.9 Å². The maximum absolute atomic E-state index is 12.3. The Morgan fingerprint density at radius 1 is 1.50 bits per heavy atom. The standard InChI is InChI=1S/C11H14F3N3O3/c1-2-7(10(19)20)5-15-9(18)6-17-4-3-8(16-17)11(12,13)14/h3-4,7H,2,5-6H2,1H3,(H,15,18)(H,19,20). The largest absolute Gasteiger partial charge is 0.481 e. The Kier molecular flexibility index (Phi) is 5.12. The Labute approximate surface area is 112 Å². The topological polar surface area (TPSA) is 84.2 Å². The van der Waals surface area contributed by atoms with Crippen molar-refractivity contribution in [1.82, 2.24) is 15.1 Å². The summed E-state index contributed by atoms with van der Waals surface area (Å²) in [5.74, 6) is -2.35. The van der Waals surface area contributed by atoms with Gasteiger partial charge in [0.2, 0.25) is 5.91 Å². The maximum atomic E-state index is 12.3. The van der Waals surface area contributed by atoms with E-state index in [1.54, 1.807) is 6.92 Å². The summed E-state index contributed by atoms with van der Waals surface area (Å²) >= 11 is 0. The molecule has 0 spiro atoms. The molecule has 0 saturated carbocycles. The molecule has 1 unspecified atom stereocenters. The molecule has 2 N–H and O–H groups in total. The van der Waals surface area contributed by atoms with Gasteiger partial charge in [-0.25, -0.2) is 0 Å². The Balaban J connectivity index is 2.51. The fraction of sp³-hybridized carbons (Fsp3) is 0.545.